The minimum absolute atomic E-state index is 0. The first-order valence-electron chi connectivity index (χ1n) is 9.96. The summed E-state index contributed by atoms with van der Waals surface area (Å²) in [7, 11) is 0. The molecular formula is C20H32IN5O2. The van der Waals surface area contributed by atoms with Gasteiger partial charge in [-0.25, -0.2) is 0 Å². The van der Waals surface area contributed by atoms with Crippen LogP contribution in [0.4, 0.5) is 5.69 Å². The van der Waals surface area contributed by atoms with Gasteiger partial charge in [-0.2, -0.15) is 0 Å². The van der Waals surface area contributed by atoms with Crippen molar-refractivity contribution in [3.8, 4) is 0 Å². The molecular weight excluding hydrogens is 469 g/mol. The van der Waals surface area contributed by atoms with Crippen LogP contribution in [0, 0.1) is 0 Å². The molecule has 1 aromatic rings. The summed E-state index contributed by atoms with van der Waals surface area (Å²) >= 11 is 0. The summed E-state index contributed by atoms with van der Waals surface area (Å²) in [6, 6.07) is 9.92. The van der Waals surface area contributed by atoms with E-state index in [2.05, 4.69) is 22.5 Å². The van der Waals surface area contributed by atoms with Crippen molar-refractivity contribution in [2.75, 3.05) is 57.4 Å². The molecule has 1 amide bonds. The van der Waals surface area contributed by atoms with Crippen LogP contribution in [0.25, 0.3) is 0 Å². The summed E-state index contributed by atoms with van der Waals surface area (Å²) < 4.78 is 5.38. The molecule has 3 rings (SSSR count). The molecule has 8 heteroatoms. The number of rotatable bonds is 7. The summed E-state index contributed by atoms with van der Waals surface area (Å²) in [4.78, 5) is 21.3. The van der Waals surface area contributed by atoms with Crippen molar-refractivity contribution in [3.05, 3.63) is 30.3 Å². The number of amides is 1. The molecule has 2 aliphatic heterocycles. The fourth-order valence-electron chi connectivity index (χ4n) is 3.49. The van der Waals surface area contributed by atoms with Gasteiger partial charge in [-0.15, -0.1) is 24.0 Å². The number of hydrogen-bond acceptors (Lipinski definition) is 4. The molecule has 0 aromatic heterocycles. The van der Waals surface area contributed by atoms with E-state index in [-0.39, 0.29) is 35.9 Å². The molecule has 0 radical (unpaired) electrons. The van der Waals surface area contributed by atoms with Gasteiger partial charge in [-0.3, -0.25) is 14.7 Å². The molecule has 2 heterocycles. The molecule has 1 aromatic carbocycles. The monoisotopic (exact) mass is 501 g/mol. The van der Waals surface area contributed by atoms with Crippen molar-refractivity contribution < 1.29 is 9.53 Å². The van der Waals surface area contributed by atoms with Crippen LogP contribution in [-0.2, 0) is 9.53 Å². The SMILES string of the molecule is CCNC(=NCCCN1CCOCC1)NC1CC(=O)N(c2ccccc2)C1.I. The first-order valence-corrected chi connectivity index (χ1v) is 9.96. The highest BCUT2D eigenvalue weighted by atomic mass is 127. The quantitative estimate of drug-likeness (QED) is 0.258. The van der Waals surface area contributed by atoms with Gasteiger partial charge in [0.25, 0.3) is 0 Å². The fraction of sp³-hybridized carbons (Fsp3) is 0.600. The van der Waals surface area contributed by atoms with E-state index < -0.39 is 0 Å². The second-order valence-electron chi connectivity index (χ2n) is 6.95. The minimum atomic E-state index is 0. The van der Waals surface area contributed by atoms with Gasteiger partial charge in [0.2, 0.25) is 5.91 Å². The summed E-state index contributed by atoms with van der Waals surface area (Å²) in [6.45, 7) is 9.05. The van der Waals surface area contributed by atoms with Gasteiger partial charge < -0.3 is 20.3 Å². The Morgan fingerprint density at radius 3 is 2.71 bits per heavy atom. The van der Waals surface area contributed by atoms with Crippen LogP contribution in [0.15, 0.2) is 35.3 Å². The Balaban J connectivity index is 0.00000280. The van der Waals surface area contributed by atoms with Gasteiger partial charge >= 0.3 is 0 Å². The Kier molecular flexibility index (Phi) is 10.0. The van der Waals surface area contributed by atoms with Crippen molar-refractivity contribution in [3.63, 3.8) is 0 Å². The van der Waals surface area contributed by atoms with Crippen LogP contribution in [-0.4, -0.2) is 75.3 Å². The predicted octanol–water partition coefficient (Wildman–Crippen LogP) is 1.69. The molecule has 2 fully saturated rings. The third-order valence-electron chi connectivity index (χ3n) is 4.88. The normalized spacial score (nSPS) is 20.8. The molecule has 0 saturated carbocycles. The number of carbonyl (C=O) groups is 1. The predicted molar refractivity (Wildman–Crippen MR) is 124 cm³/mol. The fourth-order valence-corrected chi connectivity index (χ4v) is 3.49. The van der Waals surface area contributed by atoms with Gasteiger partial charge in [-0.1, -0.05) is 18.2 Å². The van der Waals surface area contributed by atoms with E-state index in [4.69, 9.17) is 9.73 Å². The van der Waals surface area contributed by atoms with Crippen molar-refractivity contribution >= 4 is 41.5 Å². The molecule has 0 spiro atoms. The summed E-state index contributed by atoms with van der Waals surface area (Å²) in [5.74, 6) is 0.953. The number of aliphatic imine (C=N–C) groups is 1. The largest absolute Gasteiger partial charge is 0.379 e. The van der Waals surface area contributed by atoms with Crippen LogP contribution in [0.3, 0.4) is 0 Å². The number of carbonyl (C=O) groups excluding carboxylic acids is 1. The van der Waals surface area contributed by atoms with E-state index in [1.807, 2.05) is 35.2 Å². The van der Waals surface area contributed by atoms with Crippen molar-refractivity contribution in [2.24, 2.45) is 4.99 Å². The van der Waals surface area contributed by atoms with E-state index in [0.717, 1.165) is 64.0 Å². The Labute approximate surface area is 184 Å². The third-order valence-corrected chi connectivity index (χ3v) is 4.88. The second kappa shape index (κ2) is 12.2. The van der Waals surface area contributed by atoms with Crippen molar-refractivity contribution in [1.82, 2.24) is 15.5 Å². The number of para-hydroxylation sites is 1. The highest BCUT2D eigenvalue weighted by Crippen LogP contribution is 2.20. The van der Waals surface area contributed by atoms with Crippen LogP contribution < -0.4 is 15.5 Å². The van der Waals surface area contributed by atoms with Crippen molar-refractivity contribution in [1.29, 1.82) is 0 Å². The topological polar surface area (TPSA) is 69.2 Å². The van der Waals surface area contributed by atoms with Crippen LogP contribution >= 0.6 is 24.0 Å². The van der Waals surface area contributed by atoms with E-state index in [1.54, 1.807) is 0 Å². The molecule has 1 atom stereocenters. The maximum absolute atomic E-state index is 12.4. The lowest BCUT2D eigenvalue weighted by atomic mass is 10.2. The molecule has 2 saturated heterocycles. The number of anilines is 1. The number of halogens is 1. The molecule has 2 aliphatic rings. The molecule has 1 unspecified atom stereocenters. The molecule has 0 bridgehead atoms. The molecule has 0 aliphatic carbocycles. The number of ether oxygens (including phenoxy) is 1. The Bertz CT molecular complexity index is 622. The molecule has 2 N–H and O–H groups in total. The summed E-state index contributed by atoms with van der Waals surface area (Å²) in [5.41, 5.74) is 0.958. The van der Waals surface area contributed by atoms with Crippen LogP contribution in [0.1, 0.15) is 19.8 Å². The standard InChI is InChI=1S/C20H31N5O2.HI/c1-2-21-20(22-9-6-10-24-11-13-27-14-12-24)23-17-15-19(26)25(16-17)18-7-4-3-5-8-18;/h3-5,7-8,17H,2,6,9-16H2,1H3,(H2,21,22,23);1H. The zero-order valence-corrected chi connectivity index (χ0v) is 18.9. The highest BCUT2D eigenvalue weighted by molar-refractivity contribution is 14.0. The summed E-state index contributed by atoms with van der Waals surface area (Å²) in [6.07, 6.45) is 1.52. The number of guanidine groups is 1. The maximum Gasteiger partial charge on any atom is 0.229 e. The van der Waals surface area contributed by atoms with Crippen LogP contribution in [0.5, 0.6) is 0 Å². The molecule has 7 nitrogen and oxygen atoms in total. The van der Waals surface area contributed by atoms with E-state index in [9.17, 15) is 4.79 Å². The lowest BCUT2D eigenvalue weighted by Gasteiger charge is -2.26. The second-order valence-corrected chi connectivity index (χ2v) is 6.95. The van der Waals surface area contributed by atoms with Gasteiger partial charge in [0.1, 0.15) is 0 Å². The Morgan fingerprint density at radius 1 is 1.25 bits per heavy atom. The summed E-state index contributed by atoms with van der Waals surface area (Å²) in [5, 5.41) is 6.72. The van der Waals surface area contributed by atoms with E-state index in [0.29, 0.717) is 13.0 Å². The first-order chi connectivity index (χ1) is 13.3. The number of nitrogens with one attached hydrogen (secondary N) is 2. The minimum Gasteiger partial charge on any atom is -0.379 e. The maximum atomic E-state index is 12.4. The molecule has 156 valence electrons. The van der Waals surface area contributed by atoms with E-state index >= 15 is 0 Å². The number of nitrogens with zero attached hydrogens (tertiary/aromatic N) is 3. The average Bonchev–Trinajstić information content (AvgIpc) is 3.07. The zero-order valence-electron chi connectivity index (χ0n) is 16.6. The van der Waals surface area contributed by atoms with Gasteiger partial charge in [0, 0.05) is 51.4 Å². The highest BCUT2D eigenvalue weighted by Gasteiger charge is 2.31. The lowest BCUT2D eigenvalue weighted by molar-refractivity contribution is -0.117. The number of hydrogen-bond donors (Lipinski definition) is 2. The zero-order chi connectivity index (χ0) is 18.9. The number of benzene rings is 1. The van der Waals surface area contributed by atoms with E-state index in [1.165, 1.54) is 0 Å². The van der Waals surface area contributed by atoms with Gasteiger partial charge in [0.05, 0.1) is 19.3 Å². The Morgan fingerprint density at radius 2 is 2.00 bits per heavy atom. The smallest absolute Gasteiger partial charge is 0.229 e. The average molecular weight is 501 g/mol. The molecule has 28 heavy (non-hydrogen) atoms. The lowest BCUT2D eigenvalue weighted by Crippen LogP contribution is -2.44. The first kappa shape index (κ1) is 22.9. The van der Waals surface area contributed by atoms with Gasteiger partial charge in [0.15, 0.2) is 5.96 Å². The number of morpholine rings is 1. The van der Waals surface area contributed by atoms with Crippen molar-refractivity contribution in [2.45, 2.75) is 25.8 Å². The Hall–Kier alpha value is -1.39. The van der Waals surface area contributed by atoms with Gasteiger partial charge in [-0.05, 0) is 25.5 Å². The third kappa shape index (κ3) is 6.89. The van der Waals surface area contributed by atoms with Crippen LogP contribution in [0.2, 0.25) is 0 Å².